The molecule has 6 rings (SSSR count). The van der Waals surface area contributed by atoms with Gasteiger partial charge in [-0.1, -0.05) is 62.4 Å². The molecule has 0 bridgehead atoms. The van der Waals surface area contributed by atoms with Crippen LogP contribution in [-0.4, -0.2) is 73.0 Å². The van der Waals surface area contributed by atoms with Crippen molar-refractivity contribution >= 4 is 29.5 Å². The first-order chi connectivity index (χ1) is 23.3. The third-order valence-electron chi connectivity index (χ3n) is 9.05. The summed E-state index contributed by atoms with van der Waals surface area (Å²) in [6, 6.07) is 17.5. The lowest BCUT2D eigenvalue weighted by atomic mass is 9.89. The fourth-order valence-electron chi connectivity index (χ4n) is 6.39. The first kappa shape index (κ1) is 34.0. The Kier molecular flexibility index (Phi) is 9.41. The van der Waals surface area contributed by atoms with E-state index < -0.39 is 11.7 Å². The van der Waals surface area contributed by atoms with Crippen LogP contribution in [0.4, 0.5) is 21.2 Å². The van der Waals surface area contributed by atoms with E-state index in [4.69, 9.17) is 24.2 Å². The Labute approximate surface area is 287 Å². The highest BCUT2D eigenvalue weighted by Gasteiger charge is 2.41. The maximum absolute atomic E-state index is 13.5. The van der Waals surface area contributed by atoms with E-state index in [9.17, 15) is 9.59 Å². The van der Waals surface area contributed by atoms with Crippen molar-refractivity contribution in [3.8, 4) is 6.01 Å². The van der Waals surface area contributed by atoms with Crippen LogP contribution in [0.15, 0.2) is 60.8 Å². The molecule has 0 saturated carbocycles. The van der Waals surface area contributed by atoms with Gasteiger partial charge in [0.1, 0.15) is 18.3 Å². The lowest BCUT2D eigenvalue weighted by molar-refractivity contribution is -0.0302. The molecule has 1 N–H and O–H groups in total. The number of rotatable bonds is 8. The van der Waals surface area contributed by atoms with Gasteiger partial charge in [0, 0.05) is 17.6 Å². The number of carbonyl (C=O) groups is 2. The minimum atomic E-state index is -0.611. The molecule has 1 fully saturated rings. The summed E-state index contributed by atoms with van der Waals surface area (Å²) in [5, 5.41) is 8.07. The number of anilines is 2. The third kappa shape index (κ3) is 7.58. The van der Waals surface area contributed by atoms with E-state index in [-0.39, 0.29) is 42.3 Å². The van der Waals surface area contributed by atoms with E-state index in [1.165, 1.54) is 0 Å². The first-order valence-electron chi connectivity index (χ1n) is 17.0. The molecule has 12 heteroatoms. The number of hydrogen-bond acceptors (Lipinski definition) is 9. The lowest BCUT2D eigenvalue weighted by Gasteiger charge is -2.45. The summed E-state index contributed by atoms with van der Waals surface area (Å²) in [5.41, 5.74) is 3.41. The fraction of sp³-hybridized carbons (Fsp3) is 0.486. The molecule has 2 amide bonds. The second-order valence-electron chi connectivity index (χ2n) is 14.8. The van der Waals surface area contributed by atoms with Gasteiger partial charge in [-0.15, -0.1) is 0 Å². The summed E-state index contributed by atoms with van der Waals surface area (Å²) in [7, 11) is 0. The standard InChI is InChI=1S/C37H47N7O5/c1-24(2)29-21-39-44-31(29)40-33(48-28-17-18-37(6,7)42(22-28)34(45)49-36(3,4)5)41-32(44)38-20-27-19-26-15-11-12-16-30(26)43(27)35(46)47-23-25-13-9-8-10-14-25/h8-16,21,24,27-28H,17-20,22-23H2,1-7H3,(H,38,40,41). The molecule has 260 valence electrons. The molecule has 2 aromatic heterocycles. The molecule has 49 heavy (non-hydrogen) atoms. The van der Waals surface area contributed by atoms with E-state index in [0.29, 0.717) is 31.1 Å². The molecule has 1 saturated heterocycles. The third-order valence-corrected chi connectivity index (χ3v) is 9.05. The van der Waals surface area contributed by atoms with Gasteiger partial charge in [0.2, 0.25) is 5.95 Å². The van der Waals surface area contributed by atoms with E-state index in [1.54, 1.807) is 20.5 Å². The Morgan fingerprint density at radius 2 is 1.76 bits per heavy atom. The van der Waals surface area contributed by atoms with Crippen LogP contribution in [0.5, 0.6) is 6.01 Å². The van der Waals surface area contributed by atoms with E-state index in [1.807, 2.05) is 89.2 Å². The predicted molar refractivity (Wildman–Crippen MR) is 187 cm³/mol. The zero-order valence-corrected chi connectivity index (χ0v) is 29.5. The molecule has 2 unspecified atom stereocenters. The zero-order chi connectivity index (χ0) is 34.9. The summed E-state index contributed by atoms with van der Waals surface area (Å²) in [6.45, 7) is 14.8. The average molecular weight is 670 g/mol. The van der Waals surface area contributed by atoms with Crippen molar-refractivity contribution in [3.63, 3.8) is 0 Å². The molecule has 0 radical (unpaired) electrons. The molecule has 2 atom stereocenters. The van der Waals surface area contributed by atoms with Crippen molar-refractivity contribution in [2.24, 2.45) is 0 Å². The highest BCUT2D eigenvalue weighted by molar-refractivity contribution is 5.91. The minimum absolute atomic E-state index is 0.158. The monoisotopic (exact) mass is 669 g/mol. The Morgan fingerprint density at radius 3 is 2.49 bits per heavy atom. The number of para-hydroxylation sites is 1. The van der Waals surface area contributed by atoms with Crippen molar-refractivity contribution < 1.29 is 23.8 Å². The van der Waals surface area contributed by atoms with Gasteiger partial charge in [-0.2, -0.15) is 19.6 Å². The number of nitrogens with zero attached hydrogens (tertiary/aromatic N) is 6. The summed E-state index contributed by atoms with van der Waals surface area (Å²) in [6.07, 6.45) is 2.79. The Balaban J connectivity index is 1.23. The maximum Gasteiger partial charge on any atom is 0.414 e. The highest BCUT2D eigenvalue weighted by Crippen LogP contribution is 2.34. The number of benzene rings is 2. The normalized spacial score (nSPS) is 18.8. The van der Waals surface area contributed by atoms with E-state index in [0.717, 1.165) is 35.2 Å². The smallest absolute Gasteiger partial charge is 0.414 e. The number of amides is 2. The largest absolute Gasteiger partial charge is 0.458 e. The van der Waals surface area contributed by atoms with E-state index in [2.05, 4.69) is 24.3 Å². The number of piperidine rings is 1. The first-order valence-corrected chi connectivity index (χ1v) is 17.0. The van der Waals surface area contributed by atoms with Gasteiger partial charge in [0.15, 0.2) is 5.65 Å². The van der Waals surface area contributed by atoms with Crippen molar-refractivity contribution in [1.82, 2.24) is 24.5 Å². The van der Waals surface area contributed by atoms with Gasteiger partial charge in [-0.05, 0) is 77.0 Å². The minimum Gasteiger partial charge on any atom is -0.458 e. The number of ether oxygens (including phenoxy) is 3. The van der Waals surface area contributed by atoms with Crippen LogP contribution in [0.25, 0.3) is 5.65 Å². The second kappa shape index (κ2) is 13.6. The number of nitrogens with one attached hydrogen (secondary N) is 1. The average Bonchev–Trinajstić information content (AvgIpc) is 3.65. The van der Waals surface area contributed by atoms with E-state index >= 15 is 0 Å². The second-order valence-corrected chi connectivity index (χ2v) is 14.8. The van der Waals surface area contributed by atoms with Gasteiger partial charge >= 0.3 is 18.2 Å². The summed E-state index contributed by atoms with van der Waals surface area (Å²) in [5.74, 6) is 0.603. The van der Waals surface area contributed by atoms with Crippen LogP contribution in [0, 0.1) is 0 Å². The fourth-order valence-corrected chi connectivity index (χ4v) is 6.39. The molecule has 2 aromatic carbocycles. The van der Waals surface area contributed by atoms with Gasteiger partial charge < -0.3 is 19.5 Å². The Bertz CT molecular complexity index is 1800. The molecule has 2 aliphatic heterocycles. The summed E-state index contributed by atoms with van der Waals surface area (Å²) < 4.78 is 19.6. The predicted octanol–water partition coefficient (Wildman–Crippen LogP) is 6.98. The number of hydrogen-bond donors (Lipinski definition) is 1. The summed E-state index contributed by atoms with van der Waals surface area (Å²) >= 11 is 0. The number of aromatic nitrogens is 4. The van der Waals surface area contributed by atoms with Crippen molar-refractivity contribution in [1.29, 1.82) is 0 Å². The number of likely N-dealkylation sites (tertiary alicyclic amines) is 1. The van der Waals surface area contributed by atoms with Crippen molar-refractivity contribution in [3.05, 3.63) is 77.5 Å². The molecular formula is C37H47N7O5. The van der Waals surface area contributed by atoms with Crippen LogP contribution in [0.3, 0.4) is 0 Å². The Hall–Kier alpha value is -4.87. The highest BCUT2D eigenvalue weighted by atomic mass is 16.6. The van der Waals surface area contributed by atoms with Crippen molar-refractivity contribution in [2.45, 2.75) is 104 Å². The quantitative estimate of drug-likeness (QED) is 0.212. The molecule has 2 aliphatic rings. The molecular weight excluding hydrogens is 622 g/mol. The maximum atomic E-state index is 13.5. The molecule has 4 heterocycles. The van der Waals surface area contributed by atoms with Gasteiger partial charge in [-0.25, -0.2) is 9.59 Å². The molecule has 4 aromatic rings. The van der Waals surface area contributed by atoms with Crippen LogP contribution in [-0.2, 0) is 22.5 Å². The SMILES string of the molecule is CC(C)c1cnn2c(NCC3Cc4ccccc4N3C(=O)OCc3ccccc3)nc(OC3CCC(C)(C)N(C(=O)OC(C)(C)C)C3)nc12. The molecule has 0 aliphatic carbocycles. The van der Waals surface area contributed by atoms with Gasteiger partial charge in [-0.3, -0.25) is 9.80 Å². The number of fused-ring (bicyclic) bond motifs is 2. The van der Waals surface area contributed by atoms with Crippen LogP contribution < -0.4 is 15.0 Å². The molecule has 0 spiro atoms. The topological polar surface area (TPSA) is 123 Å². The lowest BCUT2D eigenvalue weighted by Crippen LogP contribution is -2.56. The summed E-state index contributed by atoms with van der Waals surface area (Å²) in [4.78, 5) is 39.8. The van der Waals surface area contributed by atoms with Crippen LogP contribution in [0.1, 0.15) is 83.9 Å². The van der Waals surface area contributed by atoms with Crippen LogP contribution in [0.2, 0.25) is 0 Å². The Morgan fingerprint density at radius 1 is 1.02 bits per heavy atom. The van der Waals surface area contributed by atoms with Crippen LogP contribution >= 0.6 is 0 Å². The van der Waals surface area contributed by atoms with Gasteiger partial charge in [0.25, 0.3) is 0 Å². The number of carbonyl (C=O) groups excluding carboxylic acids is 2. The zero-order valence-electron chi connectivity index (χ0n) is 29.5. The van der Waals surface area contributed by atoms with Crippen molar-refractivity contribution in [2.75, 3.05) is 23.3 Å². The molecule has 12 nitrogen and oxygen atoms in total. The van der Waals surface area contributed by atoms with Gasteiger partial charge in [0.05, 0.1) is 24.5 Å².